The molecule has 0 aromatic carbocycles. The molecule has 6 heteroatoms. The van der Waals surface area contributed by atoms with Gasteiger partial charge in [-0.2, -0.15) is 0 Å². The van der Waals surface area contributed by atoms with E-state index >= 15 is 0 Å². The van der Waals surface area contributed by atoms with Crippen LogP contribution >= 0.6 is 11.3 Å². The van der Waals surface area contributed by atoms with Gasteiger partial charge in [0.15, 0.2) is 0 Å². The molecular formula is C14H19N3O2S. The van der Waals surface area contributed by atoms with Crippen molar-refractivity contribution in [2.24, 2.45) is 0 Å². The number of nitrogens with one attached hydrogen (secondary N) is 1. The summed E-state index contributed by atoms with van der Waals surface area (Å²) < 4.78 is 6.06. The molecule has 0 saturated heterocycles. The van der Waals surface area contributed by atoms with E-state index in [0.717, 1.165) is 22.3 Å². The van der Waals surface area contributed by atoms with Gasteiger partial charge in [-0.15, -0.1) is 11.3 Å². The molecule has 0 unspecified atom stereocenters. The minimum Gasteiger partial charge on any atom is -0.385 e. The summed E-state index contributed by atoms with van der Waals surface area (Å²) in [5, 5.41) is 4.90. The Hall–Kier alpha value is -1.66. The van der Waals surface area contributed by atoms with E-state index in [2.05, 4.69) is 10.3 Å². The van der Waals surface area contributed by atoms with E-state index < -0.39 is 0 Å². The maximum Gasteiger partial charge on any atom is 0.239 e. The molecule has 2 aromatic rings. The number of anilines is 1. The van der Waals surface area contributed by atoms with E-state index in [9.17, 15) is 4.79 Å². The number of methoxy groups -OCH3 is 1. The van der Waals surface area contributed by atoms with Crippen molar-refractivity contribution < 1.29 is 9.53 Å². The largest absolute Gasteiger partial charge is 0.385 e. The number of amides is 1. The highest BCUT2D eigenvalue weighted by Gasteiger charge is 2.11. The lowest BCUT2D eigenvalue weighted by atomic mass is 10.3. The number of fused-ring (bicyclic) bond motifs is 1. The number of carbonyl (C=O) groups excluding carboxylic acids is 1. The first kappa shape index (κ1) is 14.7. The van der Waals surface area contributed by atoms with Crippen LogP contribution in [0.1, 0.15) is 6.42 Å². The van der Waals surface area contributed by atoms with Crippen molar-refractivity contribution >= 4 is 33.1 Å². The summed E-state index contributed by atoms with van der Waals surface area (Å²) in [6.45, 7) is 1.64. The third kappa shape index (κ3) is 3.68. The number of nitrogens with zero attached hydrogens (tertiary/aromatic N) is 2. The Bertz CT molecular complexity index is 570. The average molecular weight is 293 g/mol. The van der Waals surface area contributed by atoms with Gasteiger partial charge in [-0.3, -0.25) is 9.78 Å². The number of hydrogen-bond donors (Lipinski definition) is 1. The molecule has 2 heterocycles. The minimum absolute atomic E-state index is 0.0186. The Morgan fingerprint density at radius 2 is 2.35 bits per heavy atom. The molecule has 0 aliphatic carbocycles. The van der Waals surface area contributed by atoms with Crippen LogP contribution in [0.3, 0.4) is 0 Å². The van der Waals surface area contributed by atoms with E-state index in [1.54, 1.807) is 24.6 Å². The van der Waals surface area contributed by atoms with E-state index in [1.165, 1.54) is 0 Å². The first-order valence-electron chi connectivity index (χ1n) is 6.51. The molecule has 0 radical (unpaired) electrons. The van der Waals surface area contributed by atoms with Crippen LogP contribution in [0.2, 0.25) is 0 Å². The third-order valence-corrected chi connectivity index (χ3v) is 3.89. The van der Waals surface area contributed by atoms with Gasteiger partial charge in [-0.1, -0.05) is 0 Å². The van der Waals surface area contributed by atoms with Gasteiger partial charge in [0.2, 0.25) is 5.91 Å². The fourth-order valence-corrected chi connectivity index (χ4v) is 2.88. The van der Waals surface area contributed by atoms with E-state index in [-0.39, 0.29) is 5.91 Å². The summed E-state index contributed by atoms with van der Waals surface area (Å²) in [7, 11) is 3.58. The van der Waals surface area contributed by atoms with E-state index in [4.69, 9.17) is 4.74 Å². The zero-order valence-corrected chi connectivity index (χ0v) is 12.6. The molecule has 108 valence electrons. The molecule has 2 aromatic heterocycles. The van der Waals surface area contributed by atoms with Crippen LogP contribution in [-0.2, 0) is 9.53 Å². The fourth-order valence-electron chi connectivity index (χ4n) is 1.96. The van der Waals surface area contributed by atoms with Crippen molar-refractivity contribution in [3.63, 3.8) is 0 Å². The van der Waals surface area contributed by atoms with Crippen molar-refractivity contribution in [3.05, 3.63) is 23.7 Å². The van der Waals surface area contributed by atoms with Crippen LogP contribution in [0.5, 0.6) is 0 Å². The van der Waals surface area contributed by atoms with Crippen molar-refractivity contribution in [3.8, 4) is 0 Å². The Morgan fingerprint density at radius 3 is 3.15 bits per heavy atom. The highest BCUT2D eigenvalue weighted by Crippen LogP contribution is 2.28. The van der Waals surface area contributed by atoms with Gasteiger partial charge in [0.05, 0.1) is 22.4 Å². The maximum absolute atomic E-state index is 11.9. The second kappa shape index (κ2) is 7.21. The number of pyridine rings is 1. The Labute approximate surface area is 122 Å². The summed E-state index contributed by atoms with van der Waals surface area (Å²) in [6.07, 6.45) is 2.60. The number of rotatable bonds is 7. The van der Waals surface area contributed by atoms with Gasteiger partial charge >= 0.3 is 0 Å². The molecule has 2 rings (SSSR count). The summed E-state index contributed by atoms with van der Waals surface area (Å²) in [5.41, 5.74) is 2.01. The molecule has 0 saturated carbocycles. The monoisotopic (exact) mass is 293 g/mol. The topological polar surface area (TPSA) is 54.5 Å². The molecule has 5 nitrogen and oxygen atoms in total. The molecule has 20 heavy (non-hydrogen) atoms. The molecule has 0 aliphatic heterocycles. The van der Waals surface area contributed by atoms with Crippen LogP contribution in [0.25, 0.3) is 10.2 Å². The lowest BCUT2D eigenvalue weighted by Gasteiger charge is -2.19. The SMILES string of the molecule is COCCCNC(=O)CN(C)c1ccnc2ccsc12. The van der Waals surface area contributed by atoms with Crippen LogP contribution in [0.15, 0.2) is 23.7 Å². The summed E-state index contributed by atoms with van der Waals surface area (Å²) in [4.78, 5) is 18.1. The van der Waals surface area contributed by atoms with Crippen LogP contribution in [0, 0.1) is 0 Å². The van der Waals surface area contributed by atoms with Gasteiger partial charge in [0.25, 0.3) is 0 Å². The van der Waals surface area contributed by atoms with Crippen molar-refractivity contribution in [2.75, 3.05) is 38.8 Å². The smallest absolute Gasteiger partial charge is 0.239 e. The predicted molar refractivity (Wildman–Crippen MR) is 82.4 cm³/mol. The lowest BCUT2D eigenvalue weighted by Crippen LogP contribution is -2.35. The van der Waals surface area contributed by atoms with Crippen molar-refractivity contribution in [1.82, 2.24) is 10.3 Å². The molecule has 0 atom stereocenters. The van der Waals surface area contributed by atoms with Crippen LogP contribution in [0.4, 0.5) is 5.69 Å². The number of hydrogen-bond acceptors (Lipinski definition) is 5. The van der Waals surface area contributed by atoms with Crippen LogP contribution in [-0.4, -0.2) is 44.7 Å². The van der Waals surface area contributed by atoms with Crippen molar-refractivity contribution in [1.29, 1.82) is 0 Å². The van der Waals surface area contributed by atoms with Gasteiger partial charge < -0.3 is 15.0 Å². The first-order valence-corrected chi connectivity index (χ1v) is 7.39. The highest BCUT2D eigenvalue weighted by molar-refractivity contribution is 7.17. The van der Waals surface area contributed by atoms with Gasteiger partial charge in [0, 0.05) is 33.5 Å². The molecule has 1 amide bonds. The third-order valence-electron chi connectivity index (χ3n) is 2.96. The second-order valence-electron chi connectivity index (χ2n) is 4.52. The molecule has 0 fully saturated rings. The number of ether oxygens (including phenoxy) is 1. The Kier molecular flexibility index (Phi) is 5.31. The van der Waals surface area contributed by atoms with E-state index in [0.29, 0.717) is 19.7 Å². The zero-order valence-electron chi connectivity index (χ0n) is 11.8. The number of thiophene rings is 1. The maximum atomic E-state index is 11.9. The minimum atomic E-state index is 0.0186. The summed E-state index contributed by atoms with van der Waals surface area (Å²) in [6, 6.07) is 3.93. The average Bonchev–Trinajstić information content (AvgIpc) is 2.91. The second-order valence-corrected chi connectivity index (χ2v) is 5.43. The number of carbonyl (C=O) groups is 1. The van der Waals surface area contributed by atoms with Gasteiger partial charge in [-0.25, -0.2) is 0 Å². The number of aromatic nitrogens is 1. The Balaban J connectivity index is 1.92. The number of likely N-dealkylation sites (N-methyl/N-ethyl adjacent to an activating group) is 1. The fraction of sp³-hybridized carbons (Fsp3) is 0.429. The van der Waals surface area contributed by atoms with E-state index in [1.807, 2.05) is 29.5 Å². The molecule has 1 N–H and O–H groups in total. The lowest BCUT2D eigenvalue weighted by molar-refractivity contribution is -0.119. The molecule has 0 bridgehead atoms. The molecule has 0 spiro atoms. The van der Waals surface area contributed by atoms with Gasteiger partial charge in [-0.05, 0) is 23.9 Å². The normalized spacial score (nSPS) is 10.7. The zero-order chi connectivity index (χ0) is 14.4. The predicted octanol–water partition coefficient (Wildman–Crippen LogP) is 1.89. The Morgan fingerprint density at radius 1 is 1.50 bits per heavy atom. The first-order chi connectivity index (χ1) is 9.72. The van der Waals surface area contributed by atoms with Crippen LogP contribution < -0.4 is 10.2 Å². The standard InChI is InChI=1S/C14H19N3O2S/c1-17(10-13(18)16-6-3-8-19-2)12-4-7-15-11-5-9-20-14(11)12/h4-5,7,9H,3,6,8,10H2,1-2H3,(H,16,18). The van der Waals surface area contributed by atoms with Gasteiger partial charge in [0.1, 0.15) is 0 Å². The molecule has 0 aliphatic rings. The highest BCUT2D eigenvalue weighted by atomic mass is 32.1. The quantitative estimate of drug-likeness (QED) is 0.792. The summed E-state index contributed by atoms with van der Waals surface area (Å²) >= 11 is 1.64. The molecular weight excluding hydrogens is 274 g/mol. The van der Waals surface area contributed by atoms with Crippen molar-refractivity contribution in [2.45, 2.75) is 6.42 Å². The summed E-state index contributed by atoms with van der Waals surface area (Å²) in [5.74, 6) is 0.0186.